The highest BCUT2D eigenvalue weighted by Crippen LogP contribution is 2.22. The van der Waals surface area contributed by atoms with Gasteiger partial charge in [0.05, 0.1) is 17.1 Å². The number of benzene rings is 2. The lowest BCUT2D eigenvalue weighted by molar-refractivity contribution is -0.113. The maximum atomic E-state index is 11.9. The molecule has 0 atom stereocenters. The number of aryl methyl sites for hydroxylation is 2. The maximum Gasteiger partial charge on any atom is 0.234 e. The van der Waals surface area contributed by atoms with Crippen molar-refractivity contribution in [2.24, 2.45) is 0 Å². The molecule has 0 saturated carbocycles. The first-order valence-electron chi connectivity index (χ1n) is 6.40. The van der Waals surface area contributed by atoms with Gasteiger partial charge < -0.3 is 11.1 Å². The maximum absolute atomic E-state index is 11.9. The number of anilines is 2. The minimum absolute atomic E-state index is 0.0499. The van der Waals surface area contributed by atoms with Crippen LogP contribution in [-0.4, -0.2) is 11.7 Å². The predicted octanol–water partition coefficient (Wildman–Crippen LogP) is 3.62. The summed E-state index contributed by atoms with van der Waals surface area (Å²) < 4.78 is 0. The number of thioether (sulfide) groups is 1. The molecule has 0 fully saturated rings. The monoisotopic (exact) mass is 286 g/mol. The van der Waals surface area contributed by atoms with Gasteiger partial charge in [0.15, 0.2) is 0 Å². The van der Waals surface area contributed by atoms with Crippen molar-refractivity contribution in [1.82, 2.24) is 0 Å². The molecule has 0 aliphatic rings. The number of carbonyl (C=O) groups is 1. The van der Waals surface area contributed by atoms with Crippen LogP contribution in [0.4, 0.5) is 11.4 Å². The van der Waals surface area contributed by atoms with Gasteiger partial charge in [-0.3, -0.25) is 4.79 Å². The first kappa shape index (κ1) is 14.5. The molecule has 2 rings (SSSR count). The van der Waals surface area contributed by atoms with Crippen molar-refractivity contribution in [3.8, 4) is 0 Å². The fraction of sp³-hybridized carbons (Fsp3) is 0.188. The third-order valence-corrected chi connectivity index (χ3v) is 4.08. The van der Waals surface area contributed by atoms with Gasteiger partial charge >= 0.3 is 0 Å². The highest BCUT2D eigenvalue weighted by Gasteiger charge is 2.06. The Labute approximate surface area is 123 Å². The zero-order chi connectivity index (χ0) is 14.5. The van der Waals surface area contributed by atoms with Crippen LogP contribution in [0.5, 0.6) is 0 Å². The van der Waals surface area contributed by atoms with E-state index < -0.39 is 0 Å². The Morgan fingerprint density at radius 2 is 1.90 bits per heavy atom. The van der Waals surface area contributed by atoms with E-state index in [4.69, 9.17) is 5.73 Å². The molecule has 0 aliphatic heterocycles. The molecule has 2 aromatic carbocycles. The Bertz CT molecular complexity index is 626. The fourth-order valence-corrected chi connectivity index (χ4v) is 2.54. The molecule has 2 aromatic rings. The SMILES string of the molecule is Cc1ccc(SCC(=O)Nc2ccccc2N)cc1C. The predicted molar refractivity (Wildman–Crippen MR) is 86.1 cm³/mol. The summed E-state index contributed by atoms with van der Waals surface area (Å²) in [5.41, 5.74) is 9.54. The Balaban J connectivity index is 1.92. The van der Waals surface area contributed by atoms with E-state index in [0.717, 1.165) is 4.90 Å². The number of para-hydroxylation sites is 2. The molecule has 0 saturated heterocycles. The molecule has 0 unspecified atom stereocenters. The molecule has 0 spiro atoms. The van der Waals surface area contributed by atoms with Crippen LogP contribution in [0.2, 0.25) is 0 Å². The number of nitrogen functional groups attached to an aromatic ring is 1. The number of rotatable bonds is 4. The highest BCUT2D eigenvalue weighted by atomic mass is 32.2. The third-order valence-electron chi connectivity index (χ3n) is 3.08. The number of carbonyl (C=O) groups excluding carboxylic acids is 1. The minimum atomic E-state index is -0.0499. The molecule has 0 radical (unpaired) electrons. The number of hydrogen-bond acceptors (Lipinski definition) is 3. The van der Waals surface area contributed by atoms with Crippen molar-refractivity contribution in [3.63, 3.8) is 0 Å². The Hall–Kier alpha value is -1.94. The van der Waals surface area contributed by atoms with Crippen molar-refractivity contribution >= 4 is 29.0 Å². The van der Waals surface area contributed by atoms with E-state index >= 15 is 0 Å². The second-order valence-corrected chi connectivity index (χ2v) is 5.72. The smallest absolute Gasteiger partial charge is 0.234 e. The van der Waals surface area contributed by atoms with Gasteiger partial charge in [0.2, 0.25) is 5.91 Å². The van der Waals surface area contributed by atoms with Crippen LogP contribution in [0, 0.1) is 13.8 Å². The molecule has 20 heavy (non-hydrogen) atoms. The molecule has 104 valence electrons. The Kier molecular flexibility index (Phi) is 4.69. The normalized spacial score (nSPS) is 10.3. The average molecular weight is 286 g/mol. The third kappa shape index (κ3) is 3.78. The van der Waals surface area contributed by atoms with E-state index in [1.807, 2.05) is 18.2 Å². The second kappa shape index (κ2) is 6.48. The zero-order valence-corrected chi connectivity index (χ0v) is 12.5. The Morgan fingerprint density at radius 3 is 2.60 bits per heavy atom. The highest BCUT2D eigenvalue weighted by molar-refractivity contribution is 8.00. The summed E-state index contributed by atoms with van der Waals surface area (Å²) in [6.45, 7) is 4.15. The second-order valence-electron chi connectivity index (χ2n) is 4.67. The van der Waals surface area contributed by atoms with Crippen molar-refractivity contribution in [2.75, 3.05) is 16.8 Å². The van der Waals surface area contributed by atoms with E-state index in [9.17, 15) is 4.79 Å². The Morgan fingerprint density at radius 1 is 1.15 bits per heavy atom. The lowest BCUT2D eigenvalue weighted by Gasteiger charge is -2.08. The first-order chi connectivity index (χ1) is 9.56. The van der Waals surface area contributed by atoms with Gasteiger partial charge in [-0.25, -0.2) is 0 Å². The zero-order valence-electron chi connectivity index (χ0n) is 11.6. The largest absolute Gasteiger partial charge is 0.397 e. The molecule has 0 aliphatic carbocycles. The lowest BCUT2D eigenvalue weighted by atomic mass is 10.1. The molecule has 4 heteroatoms. The molecule has 0 aromatic heterocycles. The van der Waals surface area contributed by atoms with Crippen LogP contribution < -0.4 is 11.1 Å². The molecule has 0 heterocycles. The number of nitrogens with two attached hydrogens (primary N) is 1. The topological polar surface area (TPSA) is 55.1 Å². The van der Waals surface area contributed by atoms with E-state index in [0.29, 0.717) is 17.1 Å². The summed E-state index contributed by atoms with van der Waals surface area (Å²) in [5, 5.41) is 2.82. The summed E-state index contributed by atoms with van der Waals surface area (Å²) in [5.74, 6) is 0.322. The van der Waals surface area contributed by atoms with Gasteiger partial charge in [-0.2, -0.15) is 0 Å². The van der Waals surface area contributed by atoms with Gasteiger partial charge in [-0.15, -0.1) is 11.8 Å². The molecule has 1 amide bonds. The summed E-state index contributed by atoms with van der Waals surface area (Å²) in [4.78, 5) is 13.0. The van der Waals surface area contributed by atoms with Gasteiger partial charge in [0, 0.05) is 4.90 Å². The van der Waals surface area contributed by atoms with Crippen molar-refractivity contribution in [1.29, 1.82) is 0 Å². The fourth-order valence-electron chi connectivity index (χ4n) is 1.75. The van der Waals surface area contributed by atoms with E-state index in [1.54, 1.807) is 12.1 Å². The van der Waals surface area contributed by atoms with Crippen LogP contribution in [0.15, 0.2) is 47.4 Å². The van der Waals surface area contributed by atoms with Gasteiger partial charge in [0.1, 0.15) is 0 Å². The first-order valence-corrected chi connectivity index (χ1v) is 7.39. The van der Waals surface area contributed by atoms with Crippen LogP contribution in [0.25, 0.3) is 0 Å². The van der Waals surface area contributed by atoms with Crippen LogP contribution >= 0.6 is 11.8 Å². The van der Waals surface area contributed by atoms with Crippen LogP contribution in [0.3, 0.4) is 0 Å². The van der Waals surface area contributed by atoms with E-state index in [2.05, 4.69) is 31.3 Å². The summed E-state index contributed by atoms with van der Waals surface area (Å²) in [6, 6.07) is 13.5. The molecule has 3 N–H and O–H groups in total. The van der Waals surface area contributed by atoms with Crippen molar-refractivity contribution in [2.45, 2.75) is 18.7 Å². The number of amides is 1. The average Bonchev–Trinajstić information content (AvgIpc) is 2.43. The molecule has 3 nitrogen and oxygen atoms in total. The van der Waals surface area contributed by atoms with Crippen LogP contribution in [0.1, 0.15) is 11.1 Å². The van der Waals surface area contributed by atoms with Gasteiger partial charge in [0.25, 0.3) is 0 Å². The molecular weight excluding hydrogens is 268 g/mol. The lowest BCUT2D eigenvalue weighted by Crippen LogP contribution is -2.15. The summed E-state index contributed by atoms with van der Waals surface area (Å²) in [6.07, 6.45) is 0. The number of hydrogen-bond donors (Lipinski definition) is 2. The van der Waals surface area contributed by atoms with Gasteiger partial charge in [-0.05, 0) is 49.2 Å². The molecule has 0 bridgehead atoms. The standard InChI is InChI=1S/C16H18N2OS/c1-11-7-8-13(9-12(11)2)20-10-16(19)18-15-6-4-3-5-14(15)17/h3-9H,10,17H2,1-2H3,(H,18,19). The molecular formula is C16H18N2OS. The van der Waals surface area contributed by atoms with Crippen molar-refractivity contribution in [3.05, 3.63) is 53.6 Å². The van der Waals surface area contributed by atoms with Gasteiger partial charge in [-0.1, -0.05) is 18.2 Å². The van der Waals surface area contributed by atoms with E-state index in [1.165, 1.54) is 22.9 Å². The minimum Gasteiger partial charge on any atom is -0.397 e. The van der Waals surface area contributed by atoms with Crippen LogP contribution in [-0.2, 0) is 4.79 Å². The summed E-state index contributed by atoms with van der Waals surface area (Å²) >= 11 is 1.52. The van der Waals surface area contributed by atoms with Crippen molar-refractivity contribution < 1.29 is 4.79 Å². The quantitative estimate of drug-likeness (QED) is 0.667. The van der Waals surface area contributed by atoms with E-state index in [-0.39, 0.29) is 5.91 Å². The number of nitrogens with one attached hydrogen (secondary N) is 1. The summed E-state index contributed by atoms with van der Waals surface area (Å²) in [7, 11) is 0.